The van der Waals surface area contributed by atoms with Crippen molar-refractivity contribution in [2.45, 2.75) is 53.4 Å². The number of carbonyl (C=O) groups excluding carboxylic acids is 2. The summed E-state index contributed by atoms with van der Waals surface area (Å²) in [4.78, 5) is 24.9. The molecule has 1 fully saturated rings. The summed E-state index contributed by atoms with van der Waals surface area (Å²) in [5, 5.41) is 0. The van der Waals surface area contributed by atoms with Gasteiger partial charge in [0.2, 0.25) is 0 Å². The third kappa shape index (κ3) is 1.53. The second-order valence-electron chi connectivity index (χ2n) is 6.32. The highest BCUT2D eigenvalue weighted by Gasteiger charge is 2.81. The highest BCUT2D eigenvalue weighted by Crippen LogP contribution is 2.82. The SMILES string of the molecule is CCC1=C(CC)[C@]2(CC)[C@H](C(=O)OC)[C@H](C(=O)OC)[C@]12CC. The first-order valence-electron chi connectivity index (χ1n) is 8.36. The third-order valence-electron chi connectivity index (χ3n) is 6.37. The molecule has 0 aromatic heterocycles. The smallest absolute Gasteiger partial charge is 0.310 e. The Hall–Kier alpha value is -1.32. The van der Waals surface area contributed by atoms with E-state index in [1.165, 1.54) is 25.4 Å². The molecule has 2 aliphatic rings. The zero-order valence-electron chi connectivity index (χ0n) is 14.6. The highest BCUT2D eigenvalue weighted by molar-refractivity contribution is 5.90. The van der Waals surface area contributed by atoms with Crippen molar-refractivity contribution in [1.29, 1.82) is 0 Å². The van der Waals surface area contributed by atoms with Crippen LogP contribution in [0.15, 0.2) is 11.1 Å². The van der Waals surface area contributed by atoms with Gasteiger partial charge >= 0.3 is 11.9 Å². The Labute approximate surface area is 133 Å². The van der Waals surface area contributed by atoms with E-state index >= 15 is 0 Å². The van der Waals surface area contributed by atoms with Gasteiger partial charge in [0.15, 0.2) is 0 Å². The van der Waals surface area contributed by atoms with Gasteiger partial charge in [0, 0.05) is 10.8 Å². The van der Waals surface area contributed by atoms with Crippen molar-refractivity contribution in [2.24, 2.45) is 22.7 Å². The third-order valence-corrected chi connectivity index (χ3v) is 6.37. The lowest BCUT2D eigenvalue weighted by molar-refractivity contribution is -0.228. The van der Waals surface area contributed by atoms with E-state index < -0.39 is 11.8 Å². The van der Waals surface area contributed by atoms with Crippen LogP contribution in [0.3, 0.4) is 0 Å². The van der Waals surface area contributed by atoms with Crippen LogP contribution in [0.25, 0.3) is 0 Å². The summed E-state index contributed by atoms with van der Waals surface area (Å²) in [7, 11) is 2.81. The standard InChI is InChI=1S/C18H28O4/c1-7-11-12(8-2)18(10-4)14(16(20)22-6)13(15(19)21-5)17(11,18)9-3/h13-14H,7-10H2,1-6H3/t13-,14+,17+,18-. The highest BCUT2D eigenvalue weighted by atomic mass is 16.5. The summed E-state index contributed by atoms with van der Waals surface area (Å²) in [5.74, 6) is -1.36. The van der Waals surface area contributed by atoms with Gasteiger partial charge in [-0.2, -0.15) is 0 Å². The summed E-state index contributed by atoms with van der Waals surface area (Å²) in [6.07, 6.45) is 3.59. The number of rotatable bonds is 6. The number of hydrogen-bond acceptors (Lipinski definition) is 4. The maximum atomic E-state index is 12.4. The summed E-state index contributed by atoms with van der Waals surface area (Å²) in [6.45, 7) is 8.52. The van der Waals surface area contributed by atoms with Crippen LogP contribution in [0.2, 0.25) is 0 Å². The topological polar surface area (TPSA) is 52.6 Å². The van der Waals surface area contributed by atoms with E-state index in [2.05, 4.69) is 27.7 Å². The predicted molar refractivity (Wildman–Crippen MR) is 84.1 cm³/mol. The summed E-state index contributed by atoms with van der Waals surface area (Å²) in [5.41, 5.74) is 2.31. The molecule has 0 N–H and O–H groups in total. The van der Waals surface area contributed by atoms with Gasteiger partial charge in [0.25, 0.3) is 0 Å². The molecule has 4 atom stereocenters. The summed E-state index contributed by atoms with van der Waals surface area (Å²) in [6, 6.07) is 0. The largest absolute Gasteiger partial charge is 0.469 e. The minimum atomic E-state index is -0.403. The average Bonchev–Trinajstić information content (AvgIpc) is 2.53. The molecule has 0 aromatic carbocycles. The van der Waals surface area contributed by atoms with E-state index in [-0.39, 0.29) is 22.8 Å². The van der Waals surface area contributed by atoms with Crippen LogP contribution in [0, 0.1) is 22.7 Å². The number of ether oxygens (including phenoxy) is 2. The van der Waals surface area contributed by atoms with Crippen LogP contribution < -0.4 is 0 Å². The molecule has 0 aliphatic heterocycles. The number of methoxy groups -OCH3 is 2. The molecule has 0 aromatic rings. The summed E-state index contributed by atoms with van der Waals surface area (Å²) >= 11 is 0. The van der Waals surface area contributed by atoms with Crippen molar-refractivity contribution in [3.63, 3.8) is 0 Å². The molecule has 0 spiro atoms. The number of carbonyl (C=O) groups is 2. The molecule has 124 valence electrons. The first-order valence-corrected chi connectivity index (χ1v) is 8.36. The fraction of sp³-hybridized carbons (Fsp3) is 0.778. The number of fused-ring (bicyclic) bond motifs is 1. The Balaban J connectivity index is 2.65. The molecule has 2 rings (SSSR count). The molecular formula is C18H28O4. The minimum Gasteiger partial charge on any atom is -0.469 e. The van der Waals surface area contributed by atoms with E-state index in [1.807, 2.05) is 0 Å². The van der Waals surface area contributed by atoms with Crippen molar-refractivity contribution in [3.8, 4) is 0 Å². The molecule has 22 heavy (non-hydrogen) atoms. The van der Waals surface area contributed by atoms with Crippen molar-refractivity contribution < 1.29 is 19.1 Å². The zero-order valence-corrected chi connectivity index (χ0v) is 14.6. The Morgan fingerprint density at radius 3 is 1.32 bits per heavy atom. The number of esters is 2. The fourth-order valence-electron chi connectivity index (χ4n) is 5.90. The molecule has 0 radical (unpaired) electrons. The normalized spacial score (nSPS) is 36.1. The molecule has 0 bridgehead atoms. The summed E-state index contributed by atoms with van der Waals surface area (Å²) < 4.78 is 10.1. The molecule has 0 saturated heterocycles. The Bertz CT molecular complexity index is 475. The fourth-order valence-corrected chi connectivity index (χ4v) is 5.90. The van der Waals surface area contributed by atoms with E-state index in [0.717, 1.165) is 25.7 Å². The zero-order chi connectivity index (χ0) is 16.7. The number of hydrogen-bond donors (Lipinski definition) is 0. The lowest BCUT2D eigenvalue weighted by atomic mass is 9.25. The predicted octanol–water partition coefficient (Wildman–Crippen LogP) is 3.50. The molecule has 4 heteroatoms. The van der Waals surface area contributed by atoms with Gasteiger partial charge in [-0.05, 0) is 25.7 Å². The number of allylic oxidation sites excluding steroid dienone is 2. The van der Waals surface area contributed by atoms with E-state index in [9.17, 15) is 9.59 Å². The van der Waals surface area contributed by atoms with Gasteiger partial charge in [-0.1, -0.05) is 38.8 Å². The maximum Gasteiger partial charge on any atom is 0.310 e. The molecule has 4 nitrogen and oxygen atoms in total. The molecule has 0 amide bonds. The molecular weight excluding hydrogens is 280 g/mol. The van der Waals surface area contributed by atoms with E-state index in [1.54, 1.807) is 0 Å². The van der Waals surface area contributed by atoms with Gasteiger partial charge in [0.1, 0.15) is 0 Å². The molecule has 2 aliphatic carbocycles. The molecule has 1 saturated carbocycles. The van der Waals surface area contributed by atoms with Gasteiger partial charge < -0.3 is 9.47 Å². The van der Waals surface area contributed by atoms with Crippen LogP contribution in [0.5, 0.6) is 0 Å². The molecule has 0 heterocycles. The lowest BCUT2D eigenvalue weighted by Crippen LogP contribution is -2.76. The Kier molecular flexibility index (Phi) is 4.42. The minimum absolute atomic E-state index is 0.214. The monoisotopic (exact) mass is 308 g/mol. The Morgan fingerprint density at radius 2 is 1.14 bits per heavy atom. The first-order chi connectivity index (χ1) is 10.5. The van der Waals surface area contributed by atoms with E-state index in [4.69, 9.17) is 9.47 Å². The van der Waals surface area contributed by atoms with Gasteiger partial charge in [-0.25, -0.2) is 0 Å². The Morgan fingerprint density at radius 1 is 0.818 bits per heavy atom. The maximum absolute atomic E-state index is 12.4. The van der Waals surface area contributed by atoms with Crippen molar-refractivity contribution in [2.75, 3.05) is 14.2 Å². The van der Waals surface area contributed by atoms with E-state index in [0.29, 0.717) is 0 Å². The second kappa shape index (κ2) is 5.71. The van der Waals surface area contributed by atoms with Crippen LogP contribution in [-0.4, -0.2) is 26.2 Å². The van der Waals surface area contributed by atoms with Crippen molar-refractivity contribution >= 4 is 11.9 Å². The van der Waals surface area contributed by atoms with Gasteiger partial charge in [-0.3, -0.25) is 9.59 Å². The second-order valence-corrected chi connectivity index (χ2v) is 6.32. The quantitative estimate of drug-likeness (QED) is 0.556. The van der Waals surface area contributed by atoms with Crippen LogP contribution in [0.1, 0.15) is 53.4 Å². The molecule has 0 unspecified atom stereocenters. The van der Waals surface area contributed by atoms with Crippen LogP contribution >= 0.6 is 0 Å². The van der Waals surface area contributed by atoms with Gasteiger partial charge in [-0.15, -0.1) is 0 Å². The van der Waals surface area contributed by atoms with Crippen molar-refractivity contribution in [3.05, 3.63) is 11.1 Å². The van der Waals surface area contributed by atoms with Crippen LogP contribution in [-0.2, 0) is 19.1 Å². The van der Waals surface area contributed by atoms with Crippen molar-refractivity contribution in [1.82, 2.24) is 0 Å². The first kappa shape index (κ1) is 17.0. The van der Waals surface area contributed by atoms with Crippen LogP contribution in [0.4, 0.5) is 0 Å². The average molecular weight is 308 g/mol. The van der Waals surface area contributed by atoms with Gasteiger partial charge in [0.05, 0.1) is 26.1 Å². The lowest BCUT2D eigenvalue weighted by Gasteiger charge is -2.76.